The van der Waals surface area contributed by atoms with Crippen molar-refractivity contribution in [1.29, 1.82) is 0 Å². The van der Waals surface area contributed by atoms with Gasteiger partial charge in [-0.25, -0.2) is 0 Å². The van der Waals surface area contributed by atoms with E-state index in [0.29, 0.717) is 18.8 Å². The summed E-state index contributed by atoms with van der Waals surface area (Å²) < 4.78 is 4.88. The maximum Gasteiger partial charge on any atom is 0.270 e. The van der Waals surface area contributed by atoms with Crippen molar-refractivity contribution in [2.45, 2.75) is 0 Å². The standard InChI is InChI=1S/C13H22N4O2/c1-17(2)8-6-14-11-4-5-15-12(10-11)13(18)16-7-9-19-3/h4-5,10H,6-9H2,1-3H3,(H,14,15)(H,16,18). The number of hydrogen-bond donors (Lipinski definition) is 2. The molecule has 0 saturated heterocycles. The molecule has 1 amide bonds. The number of nitrogens with zero attached hydrogens (tertiary/aromatic N) is 2. The molecule has 106 valence electrons. The maximum absolute atomic E-state index is 11.8. The largest absolute Gasteiger partial charge is 0.384 e. The Morgan fingerprint density at radius 2 is 2.21 bits per heavy atom. The van der Waals surface area contributed by atoms with Gasteiger partial charge in [0.2, 0.25) is 0 Å². The van der Waals surface area contributed by atoms with Crippen molar-refractivity contribution in [3.8, 4) is 0 Å². The van der Waals surface area contributed by atoms with E-state index in [0.717, 1.165) is 18.8 Å². The fourth-order valence-corrected chi connectivity index (χ4v) is 1.45. The fourth-order valence-electron chi connectivity index (χ4n) is 1.45. The molecule has 0 aliphatic rings. The number of carbonyl (C=O) groups excluding carboxylic acids is 1. The van der Waals surface area contributed by atoms with E-state index in [2.05, 4.69) is 20.5 Å². The van der Waals surface area contributed by atoms with Crippen molar-refractivity contribution in [2.24, 2.45) is 0 Å². The van der Waals surface area contributed by atoms with Crippen LogP contribution in [0.25, 0.3) is 0 Å². The molecule has 0 radical (unpaired) electrons. The average Bonchev–Trinajstić information content (AvgIpc) is 2.39. The van der Waals surface area contributed by atoms with Gasteiger partial charge in [-0.15, -0.1) is 0 Å². The smallest absolute Gasteiger partial charge is 0.270 e. The number of aromatic nitrogens is 1. The molecule has 0 aliphatic carbocycles. The monoisotopic (exact) mass is 266 g/mol. The Bertz CT molecular complexity index is 396. The second-order valence-electron chi connectivity index (χ2n) is 4.41. The lowest BCUT2D eigenvalue weighted by Gasteiger charge is -2.11. The third-order valence-electron chi connectivity index (χ3n) is 2.47. The van der Waals surface area contributed by atoms with E-state index in [-0.39, 0.29) is 5.91 Å². The first kappa shape index (κ1) is 15.4. The number of amides is 1. The van der Waals surface area contributed by atoms with E-state index in [4.69, 9.17) is 4.74 Å². The van der Waals surface area contributed by atoms with Gasteiger partial charge in [-0.3, -0.25) is 9.78 Å². The summed E-state index contributed by atoms with van der Waals surface area (Å²) in [5.74, 6) is -0.187. The second-order valence-corrected chi connectivity index (χ2v) is 4.41. The van der Waals surface area contributed by atoms with Crippen molar-refractivity contribution in [3.05, 3.63) is 24.0 Å². The average molecular weight is 266 g/mol. The van der Waals surface area contributed by atoms with E-state index < -0.39 is 0 Å². The lowest BCUT2D eigenvalue weighted by Crippen LogP contribution is -2.27. The highest BCUT2D eigenvalue weighted by Crippen LogP contribution is 2.07. The van der Waals surface area contributed by atoms with Crippen LogP contribution >= 0.6 is 0 Å². The van der Waals surface area contributed by atoms with Crippen molar-refractivity contribution in [3.63, 3.8) is 0 Å². The van der Waals surface area contributed by atoms with Crippen LogP contribution in [0.4, 0.5) is 5.69 Å². The lowest BCUT2D eigenvalue weighted by atomic mass is 10.3. The highest BCUT2D eigenvalue weighted by Gasteiger charge is 2.06. The topological polar surface area (TPSA) is 66.5 Å². The summed E-state index contributed by atoms with van der Waals surface area (Å²) >= 11 is 0. The molecule has 0 aromatic carbocycles. The van der Waals surface area contributed by atoms with Crippen LogP contribution in [-0.2, 0) is 4.74 Å². The zero-order chi connectivity index (χ0) is 14.1. The Kier molecular flexibility index (Phi) is 6.84. The Morgan fingerprint density at radius 3 is 2.89 bits per heavy atom. The summed E-state index contributed by atoms with van der Waals surface area (Å²) in [6.07, 6.45) is 1.63. The Morgan fingerprint density at radius 1 is 1.42 bits per heavy atom. The molecule has 2 N–H and O–H groups in total. The molecule has 1 heterocycles. The quantitative estimate of drug-likeness (QED) is 0.668. The molecule has 0 bridgehead atoms. The molecule has 0 unspecified atom stereocenters. The molecule has 1 aromatic heterocycles. The number of nitrogens with one attached hydrogen (secondary N) is 2. The zero-order valence-electron chi connectivity index (χ0n) is 11.8. The fraction of sp³-hybridized carbons (Fsp3) is 0.538. The van der Waals surface area contributed by atoms with E-state index in [1.807, 2.05) is 20.2 Å². The van der Waals surface area contributed by atoms with Gasteiger partial charge >= 0.3 is 0 Å². The molecular weight excluding hydrogens is 244 g/mol. The second kappa shape index (κ2) is 8.44. The number of ether oxygens (including phenoxy) is 1. The number of pyridine rings is 1. The summed E-state index contributed by atoms with van der Waals surface area (Å²) in [6.45, 7) is 2.72. The molecule has 0 atom stereocenters. The Labute approximate surface area is 114 Å². The molecule has 0 fully saturated rings. The normalized spacial score (nSPS) is 10.5. The molecule has 0 spiro atoms. The molecule has 6 nitrogen and oxygen atoms in total. The minimum Gasteiger partial charge on any atom is -0.384 e. The molecular formula is C13H22N4O2. The molecule has 1 rings (SSSR count). The van der Waals surface area contributed by atoms with Gasteiger partial charge in [-0.2, -0.15) is 0 Å². The van der Waals surface area contributed by atoms with E-state index >= 15 is 0 Å². The minimum absolute atomic E-state index is 0.187. The van der Waals surface area contributed by atoms with E-state index in [1.54, 1.807) is 19.4 Å². The number of methoxy groups -OCH3 is 1. The van der Waals surface area contributed by atoms with Crippen molar-refractivity contribution in [2.75, 3.05) is 52.8 Å². The van der Waals surface area contributed by atoms with Gasteiger partial charge in [0.1, 0.15) is 5.69 Å². The lowest BCUT2D eigenvalue weighted by molar-refractivity contribution is 0.0932. The number of hydrogen-bond acceptors (Lipinski definition) is 5. The molecule has 0 saturated carbocycles. The van der Waals surface area contributed by atoms with Crippen LogP contribution in [0.2, 0.25) is 0 Å². The van der Waals surface area contributed by atoms with Crippen molar-refractivity contribution >= 4 is 11.6 Å². The first-order valence-corrected chi connectivity index (χ1v) is 6.25. The summed E-state index contributed by atoms with van der Waals surface area (Å²) in [7, 11) is 5.63. The highest BCUT2D eigenvalue weighted by atomic mass is 16.5. The molecule has 0 aliphatic heterocycles. The van der Waals surface area contributed by atoms with Crippen LogP contribution < -0.4 is 10.6 Å². The van der Waals surface area contributed by atoms with Gasteiger partial charge in [0.15, 0.2) is 0 Å². The Balaban J connectivity index is 2.48. The number of likely N-dealkylation sites (N-methyl/N-ethyl adjacent to an activating group) is 1. The predicted octanol–water partition coefficient (Wildman–Crippen LogP) is 0.431. The summed E-state index contributed by atoms with van der Waals surface area (Å²) in [5.41, 5.74) is 1.31. The van der Waals surface area contributed by atoms with Crippen molar-refractivity contribution in [1.82, 2.24) is 15.2 Å². The molecule has 19 heavy (non-hydrogen) atoms. The summed E-state index contributed by atoms with van der Waals surface area (Å²) in [6, 6.07) is 3.60. The van der Waals surface area contributed by atoms with E-state index in [1.165, 1.54) is 0 Å². The number of rotatable bonds is 8. The molecule has 1 aromatic rings. The van der Waals surface area contributed by atoms with Gasteiger partial charge in [-0.05, 0) is 26.2 Å². The SMILES string of the molecule is COCCNC(=O)c1cc(NCCN(C)C)ccn1. The number of anilines is 1. The van der Waals surface area contributed by atoms with Gasteiger partial charge < -0.3 is 20.3 Å². The van der Waals surface area contributed by atoms with Crippen LogP contribution in [0.3, 0.4) is 0 Å². The maximum atomic E-state index is 11.8. The first-order valence-electron chi connectivity index (χ1n) is 6.25. The van der Waals surface area contributed by atoms with Crippen LogP contribution in [0.1, 0.15) is 10.5 Å². The van der Waals surface area contributed by atoms with Crippen molar-refractivity contribution < 1.29 is 9.53 Å². The molecule has 6 heteroatoms. The van der Waals surface area contributed by atoms with Gasteiger partial charge in [0, 0.05) is 38.6 Å². The highest BCUT2D eigenvalue weighted by molar-refractivity contribution is 5.93. The van der Waals surface area contributed by atoms with Gasteiger partial charge in [-0.1, -0.05) is 0 Å². The Hall–Kier alpha value is -1.66. The van der Waals surface area contributed by atoms with Gasteiger partial charge in [0.25, 0.3) is 5.91 Å². The number of carbonyl (C=O) groups is 1. The zero-order valence-corrected chi connectivity index (χ0v) is 11.8. The third kappa shape index (κ3) is 6.17. The van der Waals surface area contributed by atoms with Crippen LogP contribution in [-0.4, -0.2) is 63.2 Å². The predicted molar refractivity (Wildman–Crippen MR) is 75.5 cm³/mol. The van der Waals surface area contributed by atoms with Crippen LogP contribution in [0, 0.1) is 0 Å². The third-order valence-corrected chi connectivity index (χ3v) is 2.47. The van der Waals surface area contributed by atoms with Crippen LogP contribution in [0.15, 0.2) is 18.3 Å². The minimum atomic E-state index is -0.187. The van der Waals surface area contributed by atoms with E-state index in [9.17, 15) is 4.79 Å². The van der Waals surface area contributed by atoms with Crippen LogP contribution in [0.5, 0.6) is 0 Å². The summed E-state index contributed by atoms with van der Waals surface area (Å²) in [4.78, 5) is 17.9. The summed E-state index contributed by atoms with van der Waals surface area (Å²) in [5, 5.41) is 5.99. The van der Waals surface area contributed by atoms with Gasteiger partial charge in [0.05, 0.1) is 6.61 Å². The first-order chi connectivity index (χ1) is 9.13.